The summed E-state index contributed by atoms with van der Waals surface area (Å²) in [5, 5.41) is 0. The van der Waals surface area contributed by atoms with Crippen molar-refractivity contribution in [1.82, 2.24) is 9.55 Å². The molecule has 0 atom stereocenters. The van der Waals surface area contributed by atoms with Gasteiger partial charge in [-0.15, -0.1) is 0 Å². The number of ether oxygens (including phenoxy) is 1. The Hall–Kier alpha value is -2.89. The Kier molecular flexibility index (Phi) is 9.54. The third kappa shape index (κ3) is 7.08. The molecular formula is C27H28BBrN2O. The molecule has 4 aromatic rings. The molecule has 0 aliphatic heterocycles. The summed E-state index contributed by atoms with van der Waals surface area (Å²) in [6, 6.07) is 31.4. The lowest BCUT2D eigenvalue weighted by Gasteiger charge is -2.12. The highest BCUT2D eigenvalue weighted by Gasteiger charge is 2.16. The van der Waals surface area contributed by atoms with Crippen molar-refractivity contribution in [3.8, 4) is 11.4 Å². The topological polar surface area (TPSA) is 27.1 Å². The molecule has 1 aromatic heterocycles. The predicted octanol–water partition coefficient (Wildman–Crippen LogP) is 5.75. The van der Waals surface area contributed by atoms with Crippen LogP contribution in [-0.2, 0) is 11.5 Å². The van der Waals surface area contributed by atoms with E-state index >= 15 is 0 Å². The van der Waals surface area contributed by atoms with Crippen LogP contribution in [0.2, 0.25) is 6.32 Å². The second kappa shape index (κ2) is 12.8. The average Bonchev–Trinajstić information content (AvgIpc) is 3.30. The van der Waals surface area contributed by atoms with Gasteiger partial charge in [-0.2, -0.15) is 0 Å². The highest BCUT2D eigenvalue weighted by Crippen LogP contribution is 2.16. The van der Waals surface area contributed by atoms with Gasteiger partial charge < -0.3 is 9.30 Å². The average molecular weight is 487 g/mol. The Labute approximate surface area is 200 Å². The molecule has 5 heteroatoms. The van der Waals surface area contributed by atoms with Crippen LogP contribution in [0.1, 0.15) is 6.92 Å². The zero-order valence-corrected chi connectivity index (χ0v) is 20.2. The monoisotopic (exact) mass is 486 g/mol. The lowest BCUT2D eigenvalue weighted by molar-refractivity contribution is 0.132. The molecule has 3 aromatic carbocycles. The lowest BCUT2D eigenvalue weighted by Crippen LogP contribution is -2.41. The normalized spacial score (nSPS) is 10.9. The largest absolute Gasteiger partial charge is 0.364 e. The van der Waals surface area contributed by atoms with Gasteiger partial charge in [-0.25, -0.2) is 4.98 Å². The number of benzene rings is 3. The van der Waals surface area contributed by atoms with Crippen LogP contribution in [0.25, 0.3) is 11.4 Å². The van der Waals surface area contributed by atoms with Crippen LogP contribution in [-0.4, -0.2) is 23.4 Å². The Bertz CT molecular complexity index is 1040. The van der Waals surface area contributed by atoms with E-state index in [9.17, 15) is 0 Å². The zero-order valence-electron chi connectivity index (χ0n) is 18.6. The minimum Gasteiger partial charge on any atom is -0.364 e. The smallest absolute Gasteiger partial charge is 0.213 e. The van der Waals surface area contributed by atoms with Gasteiger partial charge in [0, 0.05) is 25.1 Å². The maximum atomic E-state index is 5.07. The lowest BCUT2D eigenvalue weighted by atomic mass is 9.39. The third-order valence-electron chi connectivity index (χ3n) is 5.05. The summed E-state index contributed by atoms with van der Waals surface area (Å²) in [6.45, 7) is 3.04. The summed E-state index contributed by atoms with van der Waals surface area (Å²) < 4.78 is 8.23. The number of halogens is 1. The van der Waals surface area contributed by atoms with Crippen LogP contribution in [0.4, 0.5) is 0 Å². The molecule has 0 unspecified atom stereocenters. The van der Waals surface area contributed by atoms with Gasteiger partial charge in [0.2, 0.25) is 6.71 Å². The number of allylic oxidation sites excluding steroid dienone is 2. The fraction of sp³-hybridized carbons (Fsp3) is 0.148. The van der Waals surface area contributed by atoms with E-state index in [2.05, 4.69) is 94.6 Å². The molecule has 4 rings (SSSR count). The molecular weight excluding hydrogens is 459 g/mol. The molecule has 0 fully saturated rings. The minimum absolute atomic E-state index is 0.430. The third-order valence-corrected chi connectivity index (χ3v) is 5.38. The summed E-state index contributed by atoms with van der Waals surface area (Å²) in [6.07, 6.45) is 6.95. The highest BCUT2D eigenvalue weighted by molar-refractivity contribution is 9.11. The molecule has 0 saturated carbocycles. The second-order valence-corrected chi connectivity index (χ2v) is 8.66. The van der Waals surface area contributed by atoms with Gasteiger partial charge in [0.25, 0.3) is 0 Å². The van der Waals surface area contributed by atoms with Crippen molar-refractivity contribution >= 4 is 33.6 Å². The van der Waals surface area contributed by atoms with Crippen molar-refractivity contribution in [1.29, 1.82) is 0 Å². The van der Waals surface area contributed by atoms with E-state index in [0.717, 1.165) is 17.7 Å². The molecule has 0 aliphatic rings. The molecule has 1 heterocycles. The van der Waals surface area contributed by atoms with Gasteiger partial charge in [0.15, 0.2) is 0 Å². The van der Waals surface area contributed by atoms with Crippen LogP contribution < -0.4 is 10.9 Å². The first kappa shape index (κ1) is 23.8. The van der Waals surface area contributed by atoms with Crippen molar-refractivity contribution in [2.24, 2.45) is 0 Å². The quantitative estimate of drug-likeness (QED) is 0.311. The number of hydrogen-bond acceptors (Lipinski definition) is 2. The first-order chi connectivity index (χ1) is 15.7. The van der Waals surface area contributed by atoms with Crippen LogP contribution in [0, 0.1) is 0 Å². The van der Waals surface area contributed by atoms with Crippen molar-refractivity contribution in [2.75, 3.05) is 7.11 Å². The SMILES string of the molecule is CC(Br)=CCB(c1ccccc1)c1ccccc1.COCn1ccnc1-c1ccccc1. The summed E-state index contributed by atoms with van der Waals surface area (Å²) in [4.78, 5) is 4.29. The standard InChI is InChI=1S/C16H16BBr.C11H12N2O/c1-14(18)12-13-17(15-8-4-2-5-9-15)16-10-6-3-7-11-16;1-14-9-13-8-7-12-11(13)10-5-3-2-4-6-10/h2-12H,13H2,1H3;2-8H,9H2,1H3. The molecule has 162 valence electrons. The maximum absolute atomic E-state index is 5.07. The highest BCUT2D eigenvalue weighted by atomic mass is 79.9. The first-order valence-electron chi connectivity index (χ1n) is 10.7. The zero-order chi connectivity index (χ0) is 22.6. The molecule has 0 radical (unpaired) electrons. The van der Waals surface area contributed by atoms with E-state index in [4.69, 9.17) is 4.74 Å². The molecule has 0 amide bonds. The number of rotatable bonds is 7. The number of methoxy groups -OCH3 is 1. The molecule has 0 spiro atoms. The van der Waals surface area contributed by atoms with Gasteiger partial charge in [-0.1, -0.05) is 124 Å². The van der Waals surface area contributed by atoms with E-state index in [0.29, 0.717) is 13.4 Å². The number of aromatic nitrogens is 2. The van der Waals surface area contributed by atoms with Crippen molar-refractivity contribution in [2.45, 2.75) is 20.0 Å². The fourth-order valence-electron chi connectivity index (χ4n) is 3.52. The Morgan fingerprint density at radius 3 is 1.94 bits per heavy atom. The van der Waals surface area contributed by atoms with Crippen LogP contribution in [0.3, 0.4) is 0 Å². The molecule has 0 bridgehead atoms. The van der Waals surface area contributed by atoms with Crippen LogP contribution in [0.15, 0.2) is 114 Å². The van der Waals surface area contributed by atoms with Gasteiger partial charge in [0.05, 0.1) is 0 Å². The van der Waals surface area contributed by atoms with E-state index < -0.39 is 0 Å². The summed E-state index contributed by atoms with van der Waals surface area (Å²) in [7, 11) is 1.68. The Morgan fingerprint density at radius 1 is 0.906 bits per heavy atom. The summed E-state index contributed by atoms with van der Waals surface area (Å²) in [5.41, 5.74) is 3.84. The van der Waals surface area contributed by atoms with Crippen molar-refractivity contribution in [3.63, 3.8) is 0 Å². The Balaban J connectivity index is 0.000000186. The molecule has 0 aliphatic carbocycles. The van der Waals surface area contributed by atoms with Crippen molar-refractivity contribution in [3.05, 3.63) is 114 Å². The van der Waals surface area contributed by atoms with E-state index in [-0.39, 0.29) is 0 Å². The first-order valence-corrected chi connectivity index (χ1v) is 11.5. The van der Waals surface area contributed by atoms with E-state index in [1.807, 2.05) is 41.1 Å². The predicted molar refractivity (Wildman–Crippen MR) is 140 cm³/mol. The Morgan fingerprint density at radius 2 is 1.44 bits per heavy atom. The van der Waals surface area contributed by atoms with E-state index in [1.54, 1.807) is 13.3 Å². The molecule has 32 heavy (non-hydrogen) atoms. The fourth-order valence-corrected chi connectivity index (χ4v) is 3.70. The van der Waals surface area contributed by atoms with E-state index in [1.165, 1.54) is 15.4 Å². The summed E-state index contributed by atoms with van der Waals surface area (Å²) >= 11 is 3.51. The number of nitrogens with zero attached hydrogens (tertiary/aromatic N) is 2. The molecule has 3 nitrogen and oxygen atoms in total. The van der Waals surface area contributed by atoms with Gasteiger partial charge >= 0.3 is 0 Å². The van der Waals surface area contributed by atoms with Gasteiger partial charge in [-0.05, 0) is 17.7 Å². The van der Waals surface area contributed by atoms with Crippen LogP contribution >= 0.6 is 15.9 Å². The number of imidazole rings is 1. The van der Waals surface area contributed by atoms with Gasteiger partial charge in [-0.3, -0.25) is 0 Å². The molecule has 0 saturated heterocycles. The second-order valence-electron chi connectivity index (χ2n) is 7.40. The number of hydrogen-bond donors (Lipinski definition) is 0. The minimum atomic E-state index is 0.430. The van der Waals surface area contributed by atoms with Crippen molar-refractivity contribution < 1.29 is 4.74 Å². The maximum Gasteiger partial charge on any atom is 0.213 e. The van der Waals surface area contributed by atoms with Gasteiger partial charge in [0.1, 0.15) is 12.6 Å². The molecule has 0 N–H and O–H groups in total. The van der Waals surface area contributed by atoms with Crippen LogP contribution in [0.5, 0.6) is 0 Å². The summed E-state index contributed by atoms with van der Waals surface area (Å²) in [5.74, 6) is 0.937.